The smallest absolute Gasteiger partial charge is 0.410 e. The summed E-state index contributed by atoms with van der Waals surface area (Å²) in [7, 11) is 0. The molecular formula is C18H21ClFN5O3. The first-order chi connectivity index (χ1) is 13.1. The van der Waals surface area contributed by atoms with Gasteiger partial charge in [-0.2, -0.15) is 4.98 Å². The molecule has 150 valence electrons. The molecule has 0 saturated carbocycles. The van der Waals surface area contributed by atoms with E-state index in [0.717, 1.165) is 12.8 Å². The van der Waals surface area contributed by atoms with Crippen molar-refractivity contribution in [1.29, 1.82) is 0 Å². The van der Waals surface area contributed by atoms with Crippen molar-refractivity contribution >= 4 is 34.4 Å². The highest BCUT2D eigenvalue weighted by Crippen LogP contribution is 2.35. The number of nitrogens with zero attached hydrogens (tertiary/aromatic N) is 4. The second-order valence-electron chi connectivity index (χ2n) is 8.19. The summed E-state index contributed by atoms with van der Waals surface area (Å²) in [6.07, 6.45) is 2.74. The summed E-state index contributed by atoms with van der Waals surface area (Å²) in [5.41, 5.74) is -1.25. The van der Waals surface area contributed by atoms with Gasteiger partial charge in [0.25, 0.3) is 0 Å². The average molecular weight is 410 g/mol. The predicted molar refractivity (Wildman–Crippen MR) is 102 cm³/mol. The van der Waals surface area contributed by atoms with E-state index in [2.05, 4.69) is 15.0 Å². The number of rotatable bonds is 1. The Hall–Kier alpha value is -2.42. The molecule has 10 heteroatoms. The second-order valence-corrected chi connectivity index (χ2v) is 8.55. The van der Waals surface area contributed by atoms with Crippen LogP contribution in [0.25, 0.3) is 10.9 Å². The number of amides is 1. The van der Waals surface area contributed by atoms with E-state index in [9.17, 15) is 14.0 Å². The van der Waals surface area contributed by atoms with Crippen molar-refractivity contribution in [3.63, 3.8) is 0 Å². The van der Waals surface area contributed by atoms with Crippen molar-refractivity contribution in [3.05, 3.63) is 27.7 Å². The zero-order chi connectivity index (χ0) is 20.2. The Morgan fingerprint density at radius 2 is 1.96 bits per heavy atom. The van der Waals surface area contributed by atoms with Gasteiger partial charge in [-0.3, -0.25) is 4.90 Å². The molecule has 2 aromatic heterocycles. The minimum Gasteiger partial charge on any atom is -0.444 e. The zero-order valence-electron chi connectivity index (χ0n) is 15.8. The van der Waals surface area contributed by atoms with Crippen LogP contribution in [-0.2, 0) is 4.74 Å². The molecule has 2 aliphatic rings. The number of H-pyrrole nitrogens is 1. The number of pyridine rings is 1. The number of hydrogen-bond donors (Lipinski definition) is 1. The van der Waals surface area contributed by atoms with Crippen LogP contribution in [0, 0.1) is 5.82 Å². The fourth-order valence-corrected chi connectivity index (χ4v) is 4.12. The second kappa shape index (κ2) is 6.58. The lowest BCUT2D eigenvalue weighted by atomic mass is 10.1. The Labute approximate surface area is 165 Å². The Morgan fingerprint density at radius 3 is 2.57 bits per heavy atom. The topological polar surface area (TPSA) is 91.4 Å². The highest BCUT2D eigenvalue weighted by molar-refractivity contribution is 6.30. The lowest BCUT2D eigenvalue weighted by Crippen LogP contribution is -2.57. The van der Waals surface area contributed by atoms with E-state index in [0.29, 0.717) is 24.3 Å². The standard InChI is InChI=1S/C18H21ClFN5O3/c1-18(2,3)28-17(27)25-9-4-5-10(25)8-24(7-9)15-11-6-21-14(19)12(20)13(11)22-16(26)23-15/h6,9-10H,4-5,7-8H2,1-3H3,(H,22,23,26). The molecule has 1 amide bonds. The van der Waals surface area contributed by atoms with E-state index in [1.165, 1.54) is 6.20 Å². The first kappa shape index (κ1) is 18.9. The molecule has 0 spiro atoms. The van der Waals surface area contributed by atoms with E-state index in [-0.39, 0.29) is 28.8 Å². The number of hydrogen-bond acceptors (Lipinski definition) is 6. The Bertz CT molecular complexity index is 991. The summed E-state index contributed by atoms with van der Waals surface area (Å²) in [4.78, 5) is 38.6. The van der Waals surface area contributed by atoms with Crippen LogP contribution in [0.15, 0.2) is 11.0 Å². The van der Waals surface area contributed by atoms with Gasteiger partial charge in [0.2, 0.25) is 0 Å². The van der Waals surface area contributed by atoms with Crippen molar-refractivity contribution < 1.29 is 13.9 Å². The number of nitrogens with one attached hydrogen (secondary N) is 1. The van der Waals surface area contributed by atoms with E-state index in [4.69, 9.17) is 16.3 Å². The molecule has 1 N–H and O–H groups in total. The maximum Gasteiger partial charge on any atom is 0.410 e. The van der Waals surface area contributed by atoms with Crippen LogP contribution >= 0.6 is 11.6 Å². The number of carbonyl (C=O) groups excluding carboxylic acids is 1. The number of anilines is 1. The molecule has 2 bridgehead atoms. The van der Waals surface area contributed by atoms with Gasteiger partial charge in [-0.25, -0.2) is 19.0 Å². The minimum atomic E-state index is -0.782. The van der Waals surface area contributed by atoms with Gasteiger partial charge < -0.3 is 14.6 Å². The molecule has 8 nitrogen and oxygen atoms in total. The monoisotopic (exact) mass is 409 g/mol. The summed E-state index contributed by atoms with van der Waals surface area (Å²) in [6, 6.07) is -0.121. The molecule has 0 radical (unpaired) electrons. The van der Waals surface area contributed by atoms with Crippen molar-refractivity contribution in [1.82, 2.24) is 19.9 Å². The predicted octanol–water partition coefficient (Wildman–Crippen LogP) is 2.70. The van der Waals surface area contributed by atoms with Gasteiger partial charge in [0.05, 0.1) is 23.0 Å². The Morgan fingerprint density at radius 1 is 1.32 bits per heavy atom. The quantitative estimate of drug-likeness (QED) is 0.728. The lowest BCUT2D eigenvalue weighted by Gasteiger charge is -2.41. The summed E-state index contributed by atoms with van der Waals surface area (Å²) in [5.74, 6) is -0.433. The first-order valence-electron chi connectivity index (χ1n) is 9.14. The number of ether oxygens (including phenoxy) is 1. The van der Waals surface area contributed by atoms with Crippen LogP contribution < -0.4 is 10.6 Å². The number of aromatic amines is 1. The number of aromatic nitrogens is 3. The largest absolute Gasteiger partial charge is 0.444 e. The summed E-state index contributed by atoms with van der Waals surface area (Å²) < 4.78 is 19.9. The molecule has 0 aliphatic carbocycles. The average Bonchev–Trinajstić information content (AvgIpc) is 2.87. The molecule has 4 rings (SSSR count). The lowest BCUT2D eigenvalue weighted by molar-refractivity contribution is 0.0123. The van der Waals surface area contributed by atoms with E-state index in [1.54, 1.807) is 4.90 Å². The highest BCUT2D eigenvalue weighted by Gasteiger charge is 2.45. The Balaban J connectivity index is 1.66. The van der Waals surface area contributed by atoms with Gasteiger partial charge in [0.15, 0.2) is 11.0 Å². The number of halogens is 2. The molecule has 2 aliphatic heterocycles. The van der Waals surface area contributed by atoms with Gasteiger partial charge in [0, 0.05) is 19.3 Å². The van der Waals surface area contributed by atoms with Crippen LogP contribution in [0.1, 0.15) is 33.6 Å². The molecule has 4 heterocycles. The van der Waals surface area contributed by atoms with Gasteiger partial charge in [-0.05, 0) is 33.6 Å². The SMILES string of the molecule is CC(C)(C)OC(=O)N1C2CCC1CN(c1nc(=O)[nH]c3c(F)c(Cl)ncc13)C2. The Kier molecular flexibility index (Phi) is 4.45. The maximum atomic E-state index is 14.3. The molecule has 0 aromatic carbocycles. The molecule has 28 heavy (non-hydrogen) atoms. The maximum absolute atomic E-state index is 14.3. The van der Waals surface area contributed by atoms with E-state index in [1.807, 2.05) is 25.7 Å². The van der Waals surface area contributed by atoms with Crippen LogP contribution in [0.4, 0.5) is 15.0 Å². The number of fused-ring (bicyclic) bond motifs is 3. The first-order valence-corrected chi connectivity index (χ1v) is 9.52. The molecule has 2 atom stereocenters. The van der Waals surface area contributed by atoms with Gasteiger partial charge in [-0.1, -0.05) is 11.6 Å². The minimum absolute atomic E-state index is 0.0167. The fourth-order valence-electron chi connectivity index (χ4n) is 3.98. The van der Waals surface area contributed by atoms with Crippen molar-refractivity contribution in [3.8, 4) is 0 Å². The van der Waals surface area contributed by atoms with Crippen molar-refractivity contribution in [2.45, 2.75) is 51.3 Å². The summed E-state index contributed by atoms with van der Waals surface area (Å²) >= 11 is 5.74. The third-order valence-electron chi connectivity index (χ3n) is 5.04. The van der Waals surface area contributed by atoms with Gasteiger partial charge in [-0.15, -0.1) is 0 Å². The van der Waals surface area contributed by atoms with Gasteiger partial charge >= 0.3 is 11.8 Å². The zero-order valence-corrected chi connectivity index (χ0v) is 16.6. The van der Waals surface area contributed by atoms with Crippen LogP contribution in [0.5, 0.6) is 0 Å². The third kappa shape index (κ3) is 3.28. The van der Waals surface area contributed by atoms with E-state index >= 15 is 0 Å². The van der Waals surface area contributed by atoms with E-state index < -0.39 is 17.1 Å². The molecule has 2 saturated heterocycles. The van der Waals surface area contributed by atoms with Crippen molar-refractivity contribution in [2.24, 2.45) is 0 Å². The molecule has 2 unspecified atom stereocenters. The summed E-state index contributed by atoms with van der Waals surface area (Å²) in [6.45, 7) is 6.46. The normalized spacial score (nSPS) is 22.0. The third-order valence-corrected chi connectivity index (χ3v) is 5.31. The van der Waals surface area contributed by atoms with Crippen molar-refractivity contribution in [2.75, 3.05) is 18.0 Å². The molecule has 2 fully saturated rings. The van der Waals surface area contributed by atoms with Crippen LogP contribution in [0.2, 0.25) is 5.15 Å². The molecular weight excluding hydrogens is 389 g/mol. The van der Waals surface area contributed by atoms with Crippen LogP contribution in [0.3, 0.4) is 0 Å². The highest BCUT2D eigenvalue weighted by atomic mass is 35.5. The molecule has 2 aromatic rings. The summed E-state index contributed by atoms with van der Waals surface area (Å²) in [5, 5.41) is 0.0710. The number of piperazine rings is 1. The van der Waals surface area contributed by atoms with Crippen LogP contribution in [-0.4, -0.2) is 56.7 Å². The van der Waals surface area contributed by atoms with Gasteiger partial charge in [0.1, 0.15) is 11.4 Å². The fraction of sp³-hybridized carbons (Fsp3) is 0.556. The number of carbonyl (C=O) groups is 1.